The van der Waals surface area contributed by atoms with Gasteiger partial charge in [-0.25, -0.2) is 18.2 Å². The van der Waals surface area contributed by atoms with Crippen molar-refractivity contribution in [3.05, 3.63) is 17.3 Å². The highest BCUT2D eigenvalue weighted by Crippen LogP contribution is 2.17. The molecule has 0 bridgehead atoms. The maximum absolute atomic E-state index is 13.3. The second-order valence-electron chi connectivity index (χ2n) is 12.9. The average molecular weight is 660 g/mol. The third-order valence-corrected chi connectivity index (χ3v) is 7.85. The smallest absolute Gasteiger partial charge is 0.408 e. The Balaban J connectivity index is 2.98. The molecule has 4 amide bonds. The van der Waals surface area contributed by atoms with Gasteiger partial charge in [0.25, 0.3) is 0 Å². The molecule has 0 aliphatic carbocycles. The van der Waals surface area contributed by atoms with Crippen molar-refractivity contribution in [3.63, 3.8) is 0 Å². The first-order valence-corrected chi connectivity index (χ1v) is 17.4. The standard InChI is InChI=1S/C30H53N5O9S/c1-16(2)11-22(25(36)12-19(7)27(37)35-26(18(5)6)29(39)31-13-17(3)4)33-28(38)24(15-45(10,41)42)34-30(40)43-14-23-20(8)44-21(9)32-23/h16-19,22,24-26,36H,11-15H2,1-10H3,(H,31,39)(H,33,38)(H,34,40)(H,35,37)/t19-,22+,24+,25+,26?/m1/s1. The van der Waals surface area contributed by atoms with E-state index >= 15 is 0 Å². The number of aromatic nitrogens is 1. The van der Waals surface area contributed by atoms with Gasteiger partial charge >= 0.3 is 6.09 Å². The molecule has 0 aromatic carbocycles. The minimum absolute atomic E-state index is 0.00416. The lowest BCUT2D eigenvalue weighted by Gasteiger charge is -2.30. The number of aliphatic hydroxyl groups is 1. The molecule has 15 heteroatoms. The van der Waals surface area contributed by atoms with Crippen LogP contribution in [-0.4, -0.2) is 85.1 Å². The van der Waals surface area contributed by atoms with E-state index in [9.17, 15) is 32.7 Å². The molecule has 0 saturated heterocycles. The lowest BCUT2D eigenvalue weighted by Crippen LogP contribution is -2.55. The van der Waals surface area contributed by atoms with Crippen molar-refractivity contribution in [2.45, 2.75) is 106 Å². The van der Waals surface area contributed by atoms with Crippen molar-refractivity contribution in [2.24, 2.45) is 23.7 Å². The van der Waals surface area contributed by atoms with Crippen LogP contribution in [-0.2, 0) is 35.6 Å². The van der Waals surface area contributed by atoms with Gasteiger partial charge in [-0.15, -0.1) is 0 Å². The maximum Gasteiger partial charge on any atom is 0.408 e. The summed E-state index contributed by atoms with van der Waals surface area (Å²) in [5.74, 6) is -2.10. The van der Waals surface area contributed by atoms with Crippen LogP contribution in [0.15, 0.2) is 4.42 Å². The van der Waals surface area contributed by atoms with Gasteiger partial charge in [0.15, 0.2) is 5.89 Å². The van der Waals surface area contributed by atoms with E-state index in [-0.39, 0.29) is 36.7 Å². The maximum atomic E-state index is 13.3. The van der Waals surface area contributed by atoms with Gasteiger partial charge in [0.05, 0.1) is 17.9 Å². The minimum Gasteiger partial charge on any atom is -0.446 e. The van der Waals surface area contributed by atoms with Crippen molar-refractivity contribution >= 4 is 33.7 Å². The monoisotopic (exact) mass is 659 g/mol. The molecule has 1 heterocycles. The summed E-state index contributed by atoms with van der Waals surface area (Å²) in [4.78, 5) is 55.6. The summed E-state index contributed by atoms with van der Waals surface area (Å²) in [5.41, 5.74) is 0.376. The van der Waals surface area contributed by atoms with Gasteiger partial charge in [0.1, 0.15) is 40.0 Å². The van der Waals surface area contributed by atoms with Crippen molar-refractivity contribution in [1.82, 2.24) is 26.3 Å². The molecular formula is C30H53N5O9S. The molecule has 0 saturated carbocycles. The van der Waals surface area contributed by atoms with Crippen molar-refractivity contribution < 1.29 is 41.9 Å². The molecule has 5 N–H and O–H groups in total. The Kier molecular flexibility index (Phi) is 16.0. The fourth-order valence-electron chi connectivity index (χ4n) is 4.49. The topological polar surface area (TPSA) is 206 Å². The lowest BCUT2D eigenvalue weighted by molar-refractivity contribution is -0.132. The number of sulfone groups is 1. The molecule has 1 aromatic rings. The number of aliphatic hydroxyl groups excluding tert-OH is 1. The highest BCUT2D eigenvalue weighted by atomic mass is 32.2. The van der Waals surface area contributed by atoms with Crippen LogP contribution in [0.5, 0.6) is 0 Å². The van der Waals surface area contributed by atoms with E-state index in [0.29, 0.717) is 30.3 Å². The molecule has 258 valence electrons. The number of ether oxygens (including phenoxy) is 1. The number of carbonyl (C=O) groups is 4. The van der Waals surface area contributed by atoms with Crippen molar-refractivity contribution in [3.8, 4) is 0 Å². The quantitative estimate of drug-likeness (QED) is 0.154. The van der Waals surface area contributed by atoms with Gasteiger partial charge in [0.2, 0.25) is 17.7 Å². The zero-order chi connectivity index (χ0) is 34.6. The molecule has 0 radical (unpaired) electrons. The Morgan fingerprint density at radius 1 is 0.889 bits per heavy atom. The van der Waals surface area contributed by atoms with E-state index in [1.807, 2.05) is 41.5 Å². The summed E-state index contributed by atoms with van der Waals surface area (Å²) < 4.78 is 34.7. The summed E-state index contributed by atoms with van der Waals surface area (Å²) >= 11 is 0. The van der Waals surface area contributed by atoms with Gasteiger partial charge in [-0.05, 0) is 37.5 Å². The summed E-state index contributed by atoms with van der Waals surface area (Å²) in [5, 5.41) is 21.7. The zero-order valence-corrected chi connectivity index (χ0v) is 29.0. The molecule has 0 aliphatic rings. The first kappa shape index (κ1) is 39.8. The Morgan fingerprint density at radius 3 is 2.00 bits per heavy atom. The fraction of sp³-hybridized carbons (Fsp3) is 0.767. The minimum atomic E-state index is -3.74. The first-order chi connectivity index (χ1) is 20.7. The van der Waals surface area contributed by atoms with Gasteiger partial charge in [0, 0.05) is 25.6 Å². The molecule has 1 unspecified atom stereocenters. The second kappa shape index (κ2) is 18.1. The number of carbonyl (C=O) groups excluding carboxylic acids is 4. The number of oxazole rings is 1. The normalized spacial score (nSPS) is 15.2. The van der Waals surface area contributed by atoms with E-state index in [1.165, 1.54) is 0 Å². The molecule has 45 heavy (non-hydrogen) atoms. The van der Waals surface area contributed by atoms with Crippen molar-refractivity contribution in [2.75, 3.05) is 18.6 Å². The van der Waals surface area contributed by atoms with E-state index < -0.39 is 63.6 Å². The molecule has 1 aromatic heterocycles. The Morgan fingerprint density at radius 2 is 1.51 bits per heavy atom. The summed E-state index contributed by atoms with van der Waals surface area (Å²) in [6.45, 7) is 16.4. The number of nitrogens with zero attached hydrogens (tertiary/aromatic N) is 1. The van der Waals surface area contributed by atoms with E-state index in [0.717, 1.165) is 6.26 Å². The largest absolute Gasteiger partial charge is 0.446 e. The van der Waals surface area contributed by atoms with Crippen LogP contribution in [0.4, 0.5) is 4.79 Å². The number of hydrogen-bond acceptors (Lipinski definition) is 10. The summed E-state index contributed by atoms with van der Waals surface area (Å²) in [6.07, 6.45) is -1.06. The van der Waals surface area contributed by atoms with Gasteiger partial charge in [-0.1, -0.05) is 48.5 Å². The molecule has 14 nitrogen and oxygen atoms in total. The zero-order valence-electron chi connectivity index (χ0n) is 28.2. The average Bonchev–Trinajstić information content (AvgIpc) is 3.23. The molecule has 1 rings (SSSR count). The Bertz CT molecular complexity index is 1250. The fourth-order valence-corrected chi connectivity index (χ4v) is 5.33. The summed E-state index contributed by atoms with van der Waals surface area (Å²) in [6, 6.07) is -3.16. The molecule has 0 aliphatic heterocycles. The molecule has 5 atom stereocenters. The lowest BCUT2D eigenvalue weighted by atomic mass is 9.91. The van der Waals surface area contributed by atoms with Crippen LogP contribution in [0.1, 0.15) is 78.7 Å². The van der Waals surface area contributed by atoms with Crippen LogP contribution in [0.3, 0.4) is 0 Å². The van der Waals surface area contributed by atoms with E-state index in [1.54, 1.807) is 20.8 Å². The van der Waals surface area contributed by atoms with Crippen LogP contribution < -0.4 is 21.3 Å². The number of amides is 4. The molecule has 0 spiro atoms. The van der Waals surface area contributed by atoms with Gasteiger partial charge in [-0.3, -0.25) is 14.4 Å². The predicted molar refractivity (Wildman–Crippen MR) is 169 cm³/mol. The third-order valence-electron chi connectivity index (χ3n) is 6.91. The van der Waals surface area contributed by atoms with Crippen molar-refractivity contribution in [1.29, 1.82) is 0 Å². The number of aryl methyl sites for hydroxylation is 2. The van der Waals surface area contributed by atoms with Crippen LogP contribution in [0.2, 0.25) is 0 Å². The number of hydrogen-bond donors (Lipinski definition) is 5. The predicted octanol–water partition coefficient (Wildman–Crippen LogP) is 1.76. The Labute approximate surface area is 267 Å². The first-order valence-electron chi connectivity index (χ1n) is 15.3. The number of rotatable bonds is 18. The Hall–Kier alpha value is -3.20. The van der Waals surface area contributed by atoms with Crippen LogP contribution in [0, 0.1) is 37.5 Å². The van der Waals surface area contributed by atoms with E-state index in [2.05, 4.69) is 26.3 Å². The number of alkyl carbamates (subject to hydrolysis) is 1. The molecular weight excluding hydrogens is 606 g/mol. The summed E-state index contributed by atoms with van der Waals surface area (Å²) in [7, 11) is -3.74. The van der Waals surface area contributed by atoms with Gasteiger partial charge < -0.3 is 35.5 Å². The van der Waals surface area contributed by atoms with E-state index in [4.69, 9.17) is 9.15 Å². The highest BCUT2D eigenvalue weighted by molar-refractivity contribution is 7.90. The molecule has 0 fully saturated rings. The second-order valence-corrected chi connectivity index (χ2v) is 15.1. The van der Waals surface area contributed by atoms with Gasteiger partial charge in [-0.2, -0.15) is 0 Å². The van der Waals surface area contributed by atoms with Crippen LogP contribution >= 0.6 is 0 Å². The third kappa shape index (κ3) is 15.1. The highest BCUT2D eigenvalue weighted by Gasteiger charge is 2.33. The SMILES string of the molecule is Cc1nc(COC(=O)N[C@@H](CS(C)(=O)=O)C(=O)N[C@@H](CC(C)C)[C@@H](O)C[C@@H](C)C(=O)NC(C(=O)NCC(C)C)C(C)C)c(C)o1. The van der Waals surface area contributed by atoms with Crippen LogP contribution in [0.25, 0.3) is 0 Å². The number of nitrogens with one attached hydrogen (secondary N) is 4.